The van der Waals surface area contributed by atoms with Crippen molar-refractivity contribution >= 4 is 12.2 Å². The molecule has 2 aromatic rings. The first-order chi connectivity index (χ1) is 9.72. The Bertz CT molecular complexity index is 555. The summed E-state index contributed by atoms with van der Waals surface area (Å²) in [6.07, 6.45) is 6.16. The lowest BCUT2D eigenvalue weighted by atomic mass is 10.1. The number of rotatable bonds is 4. The summed E-state index contributed by atoms with van der Waals surface area (Å²) in [7, 11) is 0. The standard InChI is InChI=1S/C10H10.C9H10O/c1-3-9-7-5-6-8-10(9)4-2;1-2-5-8-6-3-4-7-9(8)10/h3-8H,1-2H2;2-4,6-7,10H,1,5H2. The predicted molar refractivity (Wildman–Crippen MR) is 88.6 cm³/mol. The van der Waals surface area contributed by atoms with Gasteiger partial charge in [0.1, 0.15) is 5.75 Å². The maximum absolute atomic E-state index is 9.19. The first-order valence-electron chi connectivity index (χ1n) is 6.44. The van der Waals surface area contributed by atoms with Crippen molar-refractivity contribution in [3.8, 4) is 5.75 Å². The van der Waals surface area contributed by atoms with E-state index >= 15 is 0 Å². The third-order valence-electron chi connectivity index (χ3n) is 2.79. The van der Waals surface area contributed by atoms with Gasteiger partial charge in [-0.05, 0) is 29.2 Å². The van der Waals surface area contributed by atoms with E-state index in [1.54, 1.807) is 12.1 Å². The fraction of sp³-hybridized carbons (Fsp3) is 0.0526. The Hall–Kier alpha value is -2.54. The average molecular weight is 264 g/mol. The first kappa shape index (κ1) is 15.5. The molecule has 0 radical (unpaired) electrons. The molecule has 0 heterocycles. The van der Waals surface area contributed by atoms with Gasteiger partial charge < -0.3 is 5.11 Å². The fourth-order valence-corrected chi connectivity index (χ4v) is 1.72. The van der Waals surface area contributed by atoms with Crippen LogP contribution < -0.4 is 0 Å². The molecular formula is C19H20O. The third kappa shape index (κ3) is 4.62. The highest BCUT2D eigenvalue weighted by Crippen LogP contribution is 2.15. The molecule has 1 nitrogen and oxygen atoms in total. The summed E-state index contributed by atoms with van der Waals surface area (Å²) < 4.78 is 0. The van der Waals surface area contributed by atoms with Crippen LogP contribution in [0.1, 0.15) is 16.7 Å². The van der Waals surface area contributed by atoms with Crippen LogP contribution >= 0.6 is 0 Å². The van der Waals surface area contributed by atoms with E-state index in [-0.39, 0.29) is 0 Å². The zero-order valence-electron chi connectivity index (χ0n) is 11.6. The zero-order chi connectivity index (χ0) is 14.8. The van der Waals surface area contributed by atoms with Crippen molar-refractivity contribution in [2.75, 3.05) is 0 Å². The number of hydrogen-bond acceptors (Lipinski definition) is 1. The summed E-state index contributed by atoms with van der Waals surface area (Å²) in [4.78, 5) is 0. The largest absolute Gasteiger partial charge is 0.508 e. The molecule has 0 atom stereocenters. The van der Waals surface area contributed by atoms with E-state index in [0.29, 0.717) is 5.75 Å². The number of aromatic hydroxyl groups is 1. The molecule has 0 saturated carbocycles. The van der Waals surface area contributed by atoms with Gasteiger partial charge in [0.2, 0.25) is 0 Å². The highest BCUT2D eigenvalue weighted by atomic mass is 16.3. The van der Waals surface area contributed by atoms with Crippen LogP contribution in [0.3, 0.4) is 0 Å². The lowest BCUT2D eigenvalue weighted by Gasteiger charge is -1.97. The van der Waals surface area contributed by atoms with Gasteiger partial charge in [-0.25, -0.2) is 0 Å². The molecule has 2 rings (SSSR count). The Balaban J connectivity index is 0.000000200. The molecule has 0 aliphatic rings. The molecule has 20 heavy (non-hydrogen) atoms. The molecule has 0 bridgehead atoms. The van der Waals surface area contributed by atoms with Crippen LogP contribution in [-0.4, -0.2) is 5.11 Å². The maximum Gasteiger partial charge on any atom is 0.119 e. The monoisotopic (exact) mass is 264 g/mol. The number of benzene rings is 2. The Kier molecular flexibility index (Phi) is 6.63. The molecule has 1 N–H and O–H groups in total. The van der Waals surface area contributed by atoms with Gasteiger partial charge >= 0.3 is 0 Å². The second-order valence-electron chi connectivity index (χ2n) is 4.16. The van der Waals surface area contributed by atoms with Crippen molar-refractivity contribution in [3.05, 3.63) is 91.0 Å². The Morgan fingerprint density at radius 3 is 1.75 bits per heavy atom. The van der Waals surface area contributed by atoms with Crippen molar-refractivity contribution in [3.63, 3.8) is 0 Å². The molecule has 0 aliphatic heterocycles. The lowest BCUT2D eigenvalue weighted by Crippen LogP contribution is -1.79. The van der Waals surface area contributed by atoms with Crippen LogP contribution in [0.2, 0.25) is 0 Å². The summed E-state index contributed by atoms with van der Waals surface area (Å²) in [5, 5.41) is 9.19. The van der Waals surface area contributed by atoms with Crippen LogP contribution in [0.4, 0.5) is 0 Å². The minimum absolute atomic E-state index is 0.349. The van der Waals surface area contributed by atoms with E-state index in [1.807, 2.05) is 54.6 Å². The number of para-hydroxylation sites is 1. The Labute approximate surface area is 121 Å². The molecule has 0 amide bonds. The second kappa shape index (κ2) is 8.54. The minimum Gasteiger partial charge on any atom is -0.508 e. The molecule has 0 fully saturated rings. The van der Waals surface area contributed by atoms with Gasteiger partial charge in [-0.2, -0.15) is 0 Å². The highest BCUT2D eigenvalue weighted by Gasteiger charge is 1.93. The number of allylic oxidation sites excluding steroid dienone is 1. The van der Waals surface area contributed by atoms with Gasteiger partial charge in [0.25, 0.3) is 0 Å². The summed E-state index contributed by atoms with van der Waals surface area (Å²) in [6, 6.07) is 15.3. The van der Waals surface area contributed by atoms with E-state index in [0.717, 1.165) is 23.1 Å². The van der Waals surface area contributed by atoms with Gasteiger partial charge in [0, 0.05) is 0 Å². The SMILES string of the molecule is C=CCc1ccccc1O.C=Cc1ccccc1C=C. The predicted octanol–water partition coefficient (Wildman–Crippen LogP) is 5.09. The third-order valence-corrected chi connectivity index (χ3v) is 2.79. The number of phenols is 1. The molecule has 0 aliphatic carbocycles. The smallest absolute Gasteiger partial charge is 0.119 e. The van der Waals surface area contributed by atoms with E-state index in [4.69, 9.17) is 0 Å². The van der Waals surface area contributed by atoms with Crippen molar-refractivity contribution in [2.24, 2.45) is 0 Å². The molecule has 102 valence electrons. The zero-order valence-corrected chi connectivity index (χ0v) is 11.6. The molecule has 0 unspecified atom stereocenters. The van der Waals surface area contributed by atoms with E-state index in [1.165, 1.54) is 0 Å². The van der Waals surface area contributed by atoms with Crippen molar-refractivity contribution in [1.82, 2.24) is 0 Å². The minimum atomic E-state index is 0.349. The van der Waals surface area contributed by atoms with Crippen LogP contribution in [0, 0.1) is 0 Å². The second-order valence-corrected chi connectivity index (χ2v) is 4.16. The summed E-state index contributed by atoms with van der Waals surface area (Å²) in [6.45, 7) is 11.0. The van der Waals surface area contributed by atoms with Crippen molar-refractivity contribution in [1.29, 1.82) is 0 Å². The van der Waals surface area contributed by atoms with Crippen molar-refractivity contribution in [2.45, 2.75) is 6.42 Å². The normalized spacial score (nSPS) is 9.00. The molecule has 1 heteroatoms. The van der Waals surface area contributed by atoms with Crippen LogP contribution in [0.5, 0.6) is 5.75 Å². The molecule has 0 saturated heterocycles. The summed E-state index contributed by atoms with van der Waals surface area (Å²) >= 11 is 0. The lowest BCUT2D eigenvalue weighted by molar-refractivity contribution is 0.470. The van der Waals surface area contributed by atoms with Crippen LogP contribution in [0.15, 0.2) is 74.3 Å². The molecule has 0 aromatic heterocycles. The summed E-state index contributed by atoms with van der Waals surface area (Å²) in [5.41, 5.74) is 3.20. The topological polar surface area (TPSA) is 20.2 Å². The van der Waals surface area contributed by atoms with E-state index in [2.05, 4.69) is 19.7 Å². The van der Waals surface area contributed by atoms with Crippen LogP contribution in [0.25, 0.3) is 12.2 Å². The summed E-state index contributed by atoms with van der Waals surface area (Å²) in [5.74, 6) is 0.349. The fourth-order valence-electron chi connectivity index (χ4n) is 1.72. The van der Waals surface area contributed by atoms with Crippen LogP contribution in [-0.2, 0) is 6.42 Å². The van der Waals surface area contributed by atoms with Gasteiger partial charge in [0.05, 0.1) is 0 Å². The number of hydrogen-bond donors (Lipinski definition) is 1. The molecule has 0 spiro atoms. The Morgan fingerprint density at radius 2 is 1.30 bits per heavy atom. The van der Waals surface area contributed by atoms with Crippen molar-refractivity contribution < 1.29 is 5.11 Å². The van der Waals surface area contributed by atoms with Gasteiger partial charge in [-0.1, -0.05) is 73.9 Å². The molecular weight excluding hydrogens is 244 g/mol. The molecule has 2 aromatic carbocycles. The number of phenolic OH excluding ortho intramolecular Hbond substituents is 1. The van der Waals surface area contributed by atoms with Gasteiger partial charge in [-0.3, -0.25) is 0 Å². The highest BCUT2D eigenvalue weighted by molar-refractivity contribution is 5.63. The van der Waals surface area contributed by atoms with Gasteiger partial charge in [-0.15, -0.1) is 6.58 Å². The first-order valence-corrected chi connectivity index (χ1v) is 6.44. The Morgan fingerprint density at radius 1 is 0.800 bits per heavy atom. The van der Waals surface area contributed by atoms with E-state index < -0.39 is 0 Å². The van der Waals surface area contributed by atoms with Gasteiger partial charge in [0.15, 0.2) is 0 Å². The quantitative estimate of drug-likeness (QED) is 0.762. The average Bonchev–Trinajstić information content (AvgIpc) is 2.50. The maximum atomic E-state index is 9.19. The van der Waals surface area contributed by atoms with E-state index in [9.17, 15) is 5.11 Å².